The second-order valence-corrected chi connectivity index (χ2v) is 10.5. The number of anilines is 3. The highest BCUT2D eigenvalue weighted by atomic mass is 35.5. The molecule has 4 aromatic rings. The molecule has 0 unspecified atom stereocenters. The van der Waals surface area contributed by atoms with Crippen LogP contribution in [0, 0.1) is 20.2 Å². The zero-order valence-electron chi connectivity index (χ0n) is 25.4. The molecule has 252 valence electrons. The molecule has 0 saturated carbocycles. The maximum absolute atomic E-state index is 12.3. The van der Waals surface area contributed by atoms with Crippen LogP contribution in [-0.2, 0) is 22.6 Å². The second-order valence-electron chi connectivity index (χ2n) is 9.36. The summed E-state index contributed by atoms with van der Waals surface area (Å²) in [6.45, 7) is 3.62. The lowest BCUT2D eigenvalue weighted by atomic mass is 10.2. The second kappa shape index (κ2) is 17.6. The molecule has 4 rings (SSSR count). The quantitative estimate of drug-likeness (QED) is 0.0951. The molecular weight excluding hydrogens is 693 g/mol. The Morgan fingerprint density at radius 1 is 0.729 bits per heavy atom. The van der Waals surface area contributed by atoms with Gasteiger partial charge in [0.25, 0.3) is 0 Å². The molecule has 2 heterocycles. The molecule has 0 saturated heterocycles. The number of aromatic nitrogens is 2. The van der Waals surface area contributed by atoms with Gasteiger partial charge in [0, 0.05) is 12.1 Å². The van der Waals surface area contributed by atoms with Crippen LogP contribution in [0.1, 0.15) is 25.0 Å². The number of carbonyl (C=O) groups is 2. The van der Waals surface area contributed by atoms with Crippen LogP contribution in [0.2, 0.25) is 15.5 Å². The van der Waals surface area contributed by atoms with Gasteiger partial charge in [-0.3, -0.25) is 30.0 Å². The largest absolute Gasteiger partial charge is 0.449 e. The summed E-state index contributed by atoms with van der Waals surface area (Å²) in [4.78, 5) is 55.5. The molecule has 0 spiro atoms. The zero-order valence-corrected chi connectivity index (χ0v) is 27.7. The van der Waals surface area contributed by atoms with Crippen molar-refractivity contribution in [3.05, 3.63) is 120 Å². The number of hydrogen-bond acceptors (Lipinski definition) is 11. The number of nitrogens with two attached hydrogens (primary N) is 1. The van der Waals surface area contributed by atoms with Crippen LogP contribution >= 0.6 is 34.8 Å². The van der Waals surface area contributed by atoms with Gasteiger partial charge in [-0.1, -0.05) is 95.5 Å². The molecule has 0 aliphatic heterocycles. The van der Waals surface area contributed by atoms with Crippen molar-refractivity contribution in [2.75, 3.05) is 28.7 Å². The average Bonchev–Trinajstić information content (AvgIpc) is 3.02. The van der Waals surface area contributed by atoms with E-state index in [2.05, 4.69) is 9.97 Å². The predicted molar refractivity (Wildman–Crippen MR) is 181 cm³/mol. The molecule has 2 aromatic heterocycles. The van der Waals surface area contributed by atoms with Crippen molar-refractivity contribution in [3.63, 3.8) is 0 Å². The highest BCUT2D eigenvalue weighted by molar-refractivity contribution is 6.34. The Hall–Kier alpha value is -5.25. The molecule has 0 atom stereocenters. The first-order chi connectivity index (χ1) is 22.9. The molecular formula is C30H28Cl3N7O8. The first-order valence-electron chi connectivity index (χ1n) is 13.9. The molecule has 15 nitrogen and oxygen atoms in total. The molecule has 2 aromatic carbocycles. The van der Waals surface area contributed by atoms with Crippen LogP contribution in [0.15, 0.2) is 72.8 Å². The lowest BCUT2D eigenvalue weighted by Gasteiger charge is -2.22. The Kier molecular flexibility index (Phi) is 13.6. The highest BCUT2D eigenvalue weighted by Crippen LogP contribution is 2.38. The van der Waals surface area contributed by atoms with Gasteiger partial charge >= 0.3 is 23.6 Å². The van der Waals surface area contributed by atoms with E-state index in [0.29, 0.717) is 0 Å². The molecule has 0 aliphatic rings. The van der Waals surface area contributed by atoms with Crippen LogP contribution in [0.5, 0.6) is 0 Å². The SMILES string of the molecule is CCOC(=O)N(Cc1ccccc1)c1cc(Cl)nc(Cl)c1[N+](=O)[O-].CCOC(=O)N(Cc1ccccc1)c1cc(Cl)nc(N)c1[N+](=O)[O-]. The summed E-state index contributed by atoms with van der Waals surface area (Å²) < 4.78 is 10.0. The topological polar surface area (TPSA) is 197 Å². The van der Waals surface area contributed by atoms with Gasteiger partial charge in [0.15, 0.2) is 0 Å². The van der Waals surface area contributed by atoms with E-state index in [0.717, 1.165) is 20.9 Å². The summed E-state index contributed by atoms with van der Waals surface area (Å²) >= 11 is 17.6. The van der Waals surface area contributed by atoms with Crippen LogP contribution in [0.25, 0.3) is 0 Å². The zero-order chi connectivity index (χ0) is 35.4. The number of benzene rings is 2. The number of amides is 2. The minimum atomic E-state index is -0.747. The fraction of sp³-hybridized carbons (Fsp3) is 0.200. The number of halogens is 3. The number of ether oxygens (including phenoxy) is 2. The van der Waals surface area contributed by atoms with Crippen molar-refractivity contribution in [3.8, 4) is 0 Å². The lowest BCUT2D eigenvalue weighted by Crippen LogP contribution is -2.32. The molecule has 0 aliphatic carbocycles. The molecule has 48 heavy (non-hydrogen) atoms. The third kappa shape index (κ3) is 9.87. The van der Waals surface area contributed by atoms with Gasteiger partial charge < -0.3 is 15.2 Å². The monoisotopic (exact) mass is 719 g/mol. The number of carbonyl (C=O) groups excluding carboxylic acids is 2. The molecule has 0 radical (unpaired) electrons. The number of nitrogen functional groups attached to an aromatic ring is 1. The third-order valence-electron chi connectivity index (χ3n) is 6.16. The minimum absolute atomic E-state index is 0.0528. The number of rotatable bonds is 10. The van der Waals surface area contributed by atoms with Crippen molar-refractivity contribution in [2.45, 2.75) is 26.9 Å². The van der Waals surface area contributed by atoms with Crippen molar-refractivity contribution in [1.82, 2.24) is 9.97 Å². The maximum Gasteiger partial charge on any atom is 0.414 e. The molecule has 0 fully saturated rings. The van der Waals surface area contributed by atoms with Gasteiger partial charge in [-0.15, -0.1) is 0 Å². The normalized spacial score (nSPS) is 10.3. The average molecular weight is 721 g/mol. The van der Waals surface area contributed by atoms with Crippen molar-refractivity contribution in [2.24, 2.45) is 0 Å². The molecule has 0 bridgehead atoms. The van der Waals surface area contributed by atoms with Gasteiger partial charge in [0.1, 0.15) is 21.7 Å². The van der Waals surface area contributed by atoms with Gasteiger partial charge in [-0.25, -0.2) is 19.6 Å². The Labute approximate surface area is 289 Å². The van der Waals surface area contributed by atoms with E-state index in [1.807, 2.05) is 12.1 Å². The van der Waals surface area contributed by atoms with Gasteiger partial charge in [0.05, 0.1) is 36.1 Å². The van der Waals surface area contributed by atoms with E-state index in [4.69, 9.17) is 50.0 Å². The van der Waals surface area contributed by atoms with E-state index in [9.17, 15) is 29.8 Å². The van der Waals surface area contributed by atoms with E-state index in [1.165, 1.54) is 12.1 Å². The maximum atomic E-state index is 12.3. The summed E-state index contributed by atoms with van der Waals surface area (Å²) in [5, 5.41) is 22.2. The first kappa shape index (κ1) is 37.2. The van der Waals surface area contributed by atoms with Crippen LogP contribution in [-0.4, -0.2) is 45.2 Å². The number of nitro groups is 2. The minimum Gasteiger partial charge on any atom is -0.449 e. The predicted octanol–water partition coefficient (Wildman–Crippen LogP) is 7.85. The summed E-state index contributed by atoms with van der Waals surface area (Å²) in [5.74, 6) is -0.370. The van der Waals surface area contributed by atoms with Gasteiger partial charge in [0.2, 0.25) is 11.0 Å². The van der Waals surface area contributed by atoms with E-state index in [-0.39, 0.29) is 53.8 Å². The number of pyridine rings is 2. The molecule has 2 amide bonds. The summed E-state index contributed by atoms with van der Waals surface area (Å²) in [7, 11) is 0. The van der Waals surface area contributed by atoms with Crippen LogP contribution in [0.3, 0.4) is 0 Å². The highest BCUT2D eigenvalue weighted by Gasteiger charge is 2.31. The summed E-state index contributed by atoms with van der Waals surface area (Å²) in [5.41, 5.74) is 5.97. The fourth-order valence-corrected chi connectivity index (χ4v) is 4.86. The van der Waals surface area contributed by atoms with Crippen LogP contribution in [0.4, 0.5) is 38.2 Å². The third-order valence-corrected chi connectivity index (χ3v) is 6.81. The van der Waals surface area contributed by atoms with Gasteiger partial charge in [-0.05, 0) is 25.0 Å². The fourth-order valence-electron chi connectivity index (χ4n) is 4.18. The summed E-state index contributed by atoms with van der Waals surface area (Å²) in [6, 6.07) is 20.4. The molecule has 18 heteroatoms. The first-order valence-corrected chi connectivity index (χ1v) is 15.1. The van der Waals surface area contributed by atoms with Crippen molar-refractivity contribution in [1.29, 1.82) is 0 Å². The van der Waals surface area contributed by atoms with Gasteiger partial charge in [-0.2, -0.15) is 0 Å². The Morgan fingerprint density at radius 2 is 1.12 bits per heavy atom. The van der Waals surface area contributed by atoms with Crippen LogP contribution < -0.4 is 15.5 Å². The van der Waals surface area contributed by atoms with E-state index >= 15 is 0 Å². The van der Waals surface area contributed by atoms with E-state index < -0.39 is 38.6 Å². The van der Waals surface area contributed by atoms with Crippen molar-refractivity contribution < 1.29 is 28.9 Å². The smallest absolute Gasteiger partial charge is 0.414 e. The van der Waals surface area contributed by atoms with E-state index in [1.54, 1.807) is 62.4 Å². The number of nitrogens with zero attached hydrogens (tertiary/aromatic N) is 6. The Morgan fingerprint density at radius 3 is 1.52 bits per heavy atom. The Bertz CT molecular complexity index is 1640. The number of hydrogen-bond donors (Lipinski definition) is 1. The summed E-state index contributed by atoms with van der Waals surface area (Å²) in [6.07, 6.45) is -1.49. The standard InChI is InChI=1S/C15H13Cl2N3O4.C15H15ClN4O4/c2*1-2-24-15(21)19(9-10-6-4-3-5-7-10)11-8-12(16)18-14(17)13(11)20(22)23/h3-8H,2,9H2,1H3;3-8H,2,9H2,1H3,(H2,17,18). The lowest BCUT2D eigenvalue weighted by molar-refractivity contribution is -0.384. The molecule has 2 N–H and O–H groups in total. The van der Waals surface area contributed by atoms with Crippen molar-refractivity contribution >= 4 is 75.6 Å². The Balaban J connectivity index is 0.000000260.